The highest BCUT2D eigenvalue weighted by molar-refractivity contribution is 5.90. The first-order valence-electron chi connectivity index (χ1n) is 4.61. The number of benzene rings is 1. The van der Waals surface area contributed by atoms with Gasteiger partial charge in [-0.25, -0.2) is 0 Å². The Labute approximate surface area is 83.4 Å². The summed E-state index contributed by atoms with van der Waals surface area (Å²) in [7, 11) is 0. The van der Waals surface area contributed by atoms with Gasteiger partial charge in [-0.2, -0.15) is 0 Å². The van der Waals surface area contributed by atoms with Gasteiger partial charge in [-0.15, -0.1) is 0 Å². The van der Waals surface area contributed by atoms with E-state index in [0.29, 0.717) is 11.3 Å². The second-order valence-corrected chi connectivity index (χ2v) is 3.20. The van der Waals surface area contributed by atoms with Crippen molar-refractivity contribution in [3.63, 3.8) is 0 Å². The summed E-state index contributed by atoms with van der Waals surface area (Å²) < 4.78 is 0. The number of carbonyl (C=O) groups is 1. The molecule has 0 heterocycles. The average Bonchev–Trinajstić information content (AvgIpc) is 2.18. The zero-order valence-electron chi connectivity index (χ0n) is 8.21. The molecule has 14 heavy (non-hydrogen) atoms. The Balaban J connectivity index is 3.27. The van der Waals surface area contributed by atoms with Gasteiger partial charge in [0.15, 0.2) is 0 Å². The molecule has 3 N–H and O–H groups in total. The van der Waals surface area contributed by atoms with Crippen LogP contribution in [-0.4, -0.2) is 12.5 Å². The van der Waals surface area contributed by atoms with E-state index in [1.165, 1.54) is 6.21 Å². The number of carbonyl (C=O) groups excluding carboxylic acids is 1. The van der Waals surface area contributed by atoms with Crippen LogP contribution in [0, 0.1) is 5.41 Å². The Kier molecular flexibility index (Phi) is 3.40. The molecule has 0 amide bonds. The van der Waals surface area contributed by atoms with Crippen LogP contribution in [0.25, 0.3) is 0 Å². The van der Waals surface area contributed by atoms with E-state index in [1.54, 1.807) is 12.1 Å². The van der Waals surface area contributed by atoms with Crippen LogP contribution in [0.4, 0.5) is 5.69 Å². The lowest BCUT2D eigenvalue weighted by atomic mass is 9.99. The summed E-state index contributed by atoms with van der Waals surface area (Å²) >= 11 is 0. The number of hydrogen-bond acceptors (Lipinski definition) is 3. The number of aldehydes is 1. The van der Waals surface area contributed by atoms with Gasteiger partial charge in [-0.1, -0.05) is 13.3 Å². The van der Waals surface area contributed by atoms with Crippen LogP contribution in [-0.2, 0) is 6.42 Å². The molecule has 0 atom stereocenters. The smallest absolute Gasteiger partial charge is 0.150 e. The zero-order valence-corrected chi connectivity index (χ0v) is 8.21. The topological polar surface area (TPSA) is 66.9 Å². The van der Waals surface area contributed by atoms with Crippen molar-refractivity contribution >= 4 is 18.2 Å². The van der Waals surface area contributed by atoms with E-state index in [-0.39, 0.29) is 0 Å². The Morgan fingerprint density at radius 1 is 1.50 bits per heavy atom. The van der Waals surface area contributed by atoms with Gasteiger partial charge in [0, 0.05) is 23.0 Å². The summed E-state index contributed by atoms with van der Waals surface area (Å²) in [5.41, 5.74) is 8.53. The third kappa shape index (κ3) is 1.99. The van der Waals surface area contributed by atoms with Crippen LogP contribution in [0.15, 0.2) is 12.1 Å². The molecule has 3 nitrogen and oxygen atoms in total. The van der Waals surface area contributed by atoms with Gasteiger partial charge in [0.2, 0.25) is 0 Å². The molecule has 1 aromatic carbocycles. The van der Waals surface area contributed by atoms with E-state index in [1.807, 2.05) is 0 Å². The molecule has 0 bridgehead atoms. The SMILES string of the molecule is CCCc1cc(C=O)cc(N)c1C=N. The third-order valence-corrected chi connectivity index (χ3v) is 2.12. The van der Waals surface area contributed by atoms with Crippen molar-refractivity contribution in [2.45, 2.75) is 19.8 Å². The van der Waals surface area contributed by atoms with Crippen molar-refractivity contribution in [2.75, 3.05) is 5.73 Å². The molecule has 1 aromatic rings. The van der Waals surface area contributed by atoms with Crippen LogP contribution in [0.1, 0.15) is 34.8 Å². The lowest BCUT2D eigenvalue weighted by Gasteiger charge is -2.08. The fourth-order valence-electron chi connectivity index (χ4n) is 1.48. The number of hydrogen-bond donors (Lipinski definition) is 2. The molecular formula is C11H14N2O. The fraction of sp³-hybridized carbons (Fsp3) is 0.273. The fourth-order valence-corrected chi connectivity index (χ4v) is 1.48. The van der Waals surface area contributed by atoms with E-state index in [0.717, 1.165) is 30.3 Å². The van der Waals surface area contributed by atoms with Crippen LogP contribution in [0.2, 0.25) is 0 Å². The number of nitrogen functional groups attached to an aromatic ring is 1. The summed E-state index contributed by atoms with van der Waals surface area (Å²) in [6.45, 7) is 2.05. The van der Waals surface area contributed by atoms with Gasteiger partial charge in [0.1, 0.15) is 6.29 Å². The van der Waals surface area contributed by atoms with Crippen molar-refractivity contribution in [2.24, 2.45) is 0 Å². The highest BCUT2D eigenvalue weighted by atomic mass is 16.1. The predicted octanol–water partition coefficient (Wildman–Crippen LogP) is 2.03. The van der Waals surface area contributed by atoms with Gasteiger partial charge in [-0.05, 0) is 24.1 Å². The Morgan fingerprint density at radius 3 is 2.71 bits per heavy atom. The van der Waals surface area contributed by atoms with Crippen LogP contribution in [0.5, 0.6) is 0 Å². The number of anilines is 1. The second-order valence-electron chi connectivity index (χ2n) is 3.20. The van der Waals surface area contributed by atoms with Crippen molar-refractivity contribution in [1.29, 1.82) is 5.41 Å². The lowest BCUT2D eigenvalue weighted by Crippen LogP contribution is -2.01. The van der Waals surface area contributed by atoms with Crippen molar-refractivity contribution in [3.8, 4) is 0 Å². The number of aryl methyl sites for hydroxylation is 1. The Bertz CT molecular complexity index is 359. The highest BCUT2D eigenvalue weighted by Crippen LogP contribution is 2.18. The lowest BCUT2D eigenvalue weighted by molar-refractivity contribution is 0.112. The van der Waals surface area contributed by atoms with Crippen molar-refractivity contribution in [3.05, 3.63) is 28.8 Å². The molecule has 0 radical (unpaired) electrons. The molecule has 3 heteroatoms. The second kappa shape index (κ2) is 4.56. The van der Waals surface area contributed by atoms with Crippen LogP contribution >= 0.6 is 0 Å². The monoisotopic (exact) mass is 190 g/mol. The first-order chi connectivity index (χ1) is 6.72. The predicted molar refractivity (Wildman–Crippen MR) is 58.1 cm³/mol. The van der Waals surface area contributed by atoms with E-state index < -0.39 is 0 Å². The minimum atomic E-state index is 0.507. The molecule has 0 aromatic heterocycles. The van der Waals surface area contributed by atoms with E-state index in [2.05, 4.69) is 6.92 Å². The zero-order chi connectivity index (χ0) is 10.6. The molecule has 0 unspecified atom stereocenters. The van der Waals surface area contributed by atoms with Gasteiger partial charge < -0.3 is 11.1 Å². The van der Waals surface area contributed by atoms with Gasteiger partial charge >= 0.3 is 0 Å². The quantitative estimate of drug-likeness (QED) is 0.433. The largest absolute Gasteiger partial charge is 0.398 e. The summed E-state index contributed by atoms with van der Waals surface area (Å²) in [6, 6.07) is 3.40. The standard InChI is InChI=1S/C11H14N2O/c1-2-3-9-4-8(7-14)5-11(13)10(9)6-12/h4-7,12H,2-3,13H2,1H3. The number of rotatable bonds is 4. The highest BCUT2D eigenvalue weighted by Gasteiger charge is 2.05. The first kappa shape index (κ1) is 10.4. The minimum absolute atomic E-state index is 0.507. The molecule has 0 aliphatic carbocycles. The molecule has 0 aliphatic heterocycles. The molecule has 0 saturated heterocycles. The normalized spacial score (nSPS) is 9.79. The number of nitrogens with one attached hydrogen (secondary N) is 1. The van der Waals surface area contributed by atoms with Crippen molar-refractivity contribution in [1.82, 2.24) is 0 Å². The summed E-state index contributed by atoms with van der Waals surface area (Å²) in [5.74, 6) is 0. The maximum absolute atomic E-state index is 10.6. The molecule has 1 rings (SSSR count). The molecule has 0 spiro atoms. The maximum Gasteiger partial charge on any atom is 0.150 e. The van der Waals surface area contributed by atoms with E-state index in [9.17, 15) is 4.79 Å². The van der Waals surface area contributed by atoms with Crippen LogP contribution in [0.3, 0.4) is 0 Å². The Hall–Kier alpha value is -1.64. The summed E-state index contributed by atoms with van der Waals surface area (Å²) in [4.78, 5) is 10.6. The first-order valence-corrected chi connectivity index (χ1v) is 4.61. The van der Waals surface area contributed by atoms with Crippen molar-refractivity contribution < 1.29 is 4.79 Å². The average molecular weight is 190 g/mol. The molecule has 74 valence electrons. The van der Waals surface area contributed by atoms with Gasteiger partial charge in [0.05, 0.1) is 0 Å². The van der Waals surface area contributed by atoms with Crippen LogP contribution < -0.4 is 5.73 Å². The summed E-state index contributed by atoms with van der Waals surface area (Å²) in [5, 5.41) is 7.24. The third-order valence-electron chi connectivity index (χ3n) is 2.12. The molecule has 0 saturated carbocycles. The molecule has 0 fully saturated rings. The van der Waals surface area contributed by atoms with E-state index in [4.69, 9.17) is 11.1 Å². The Morgan fingerprint density at radius 2 is 2.21 bits per heavy atom. The van der Waals surface area contributed by atoms with Gasteiger partial charge in [0.25, 0.3) is 0 Å². The van der Waals surface area contributed by atoms with E-state index >= 15 is 0 Å². The molecular weight excluding hydrogens is 176 g/mol. The number of nitrogens with two attached hydrogens (primary N) is 1. The molecule has 0 aliphatic rings. The summed E-state index contributed by atoms with van der Waals surface area (Å²) in [6.07, 6.45) is 3.84. The minimum Gasteiger partial charge on any atom is -0.398 e. The maximum atomic E-state index is 10.6. The van der Waals surface area contributed by atoms with Gasteiger partial charge in [-0.3, -0.25) is 4.79 Å².